The molecule has 12 heteroatoms. The number of phenolic OH excluding ortho intramolecular Hbond substituents is 1. The fourth-order valence-electron chi connectivity index (χ4n) is 3.72. The second-order valence-electron chi connectivity index (χ2n) is 8.25. The molecule has 5 rings (SSSR count). The van der Waals surface area contributed by atoms with Crippen LogP contribution >= 0.6 is 11.3 Å². The van der Waals surface area contributed by atoms with Crippen molar-refractivity contribution < 1.29 is 45.0 Å². The van der Waals surface area contributed by atoms with E-state index in [4.69, 9.17) is 0 Å². The van der Waals surface area contributed by atoms with Crippen molar-refractivity contribution in [1.29, 1.82) is 0 Å². The van der Waals surface area contributed by atoms with Gasteiger partial charge in [0.25, 0.3) is 0 Å². The molecule has 0 fully saturated rings. The van der Waals surface area contributed by atoms with Crippen LogP contribution in [-0.4, -0.2) is 10.1 Å². The van der Waals surface area contributed by atoms with Crippen molar-refractivity contribution in [3.63, 3.8) is 0 Å². The summed E-state index contributed by atoms with van der Waals surface area (Å²) >= 11 is 1.09. The minimum Gasteiger partial charge on any atom is -0.508 e. The molecule has 1 N–H and O–H groups in total. The predicted molar refractivity (Wildman–Crippen MR) is 130 cm³/mol. The number of alkyl halides is 2. The van der Waals surface area contributed by atoms with Crippen molar-refractivity contribution in [2.75, 3.05) is 0 Å². The molecule has 40 heavy (non-hydrogen) atoms. The highest BCUT2D eigenvalue weighted by Crippen LogP contribution is 2.37. The second kappa shape index (κ2) is 10.2. The summed E-state index contributed by atoms with van der Waals surface area (Å²) in [5.74, 6) is -5.49. The molecule has 0 saturated carbocycles. The lowest BCUT2D eigenvalue weighted by Gasteiger charge is -2.20. The van der Waals surface area contributed by atoms with E-state index in [0.717, 1.165) is 23.5 Å². The standard InChI is InChI=1S/C28H11F8NO2S/c29-18-12-16(3-4-17(18)14-9-21(32)27(34)22(33)10-14)39-28(35,36)26-19(30)7-13(8-20(26)31)1-6-25-37-23-5-2-15(38)11-24(23)40-25/h2-5,7-12,38H. The normalized spacial score (nSPS) is 11.4. The van der Waals surface area contributed by atoms with Gasteiger partial charge in [-0.2, -0.15) is 8.78 Å². The van der Waals surface area contributed by atoms with Gasteiger partial charge in [-0.05, 0) is 66.1 Å². The smallest absolute Gasteiger partial charge is 0.432 e. The van der Waals surface area contributed by atoms with Crippen molar-refractivity contribution in [2.24, 2.45) is 0 Å². The van der Waals surface area contributed by atoms with E-state index in [9.17, 15) is 40.2 Å². The van der Waals surface area contributed by atoms with E-state index in [1.165, 1.54) is 12.1 Å². The lowest BCUT2D eigenvalue weighted by molar-refractivity contribution is -0.189. The summed E-state index contributed by atoms with van der Waals surface area (Å²) in [6, 6.07) is 8.55. The molecule has 0 bridgehead atoms. The van der Waals surface area contributed by atoms with E-state index in [1.807, 2.05) is 0 Å². The Bertz CT molecular complexity index is 1810. The van der Waals surface area contributed by atoms with Gasteiger partial charge in [-0.3, -0.25) is 0 Å². The summed E-state index contributed by atoms with van der Waals surface area (Å²) in [6.07, 6.45) is -4.61. The molecular formula is C28H11F8NO2S. The molecule has 1 heterocycles. The van der Waals surface area contributed by atoms with Crippen LogP contribution in [0.25, 0.3) is 21.3 Å². The summed E-state index contributed by atoms with van der Waals surface area (Å²) in [4.78, 5) is 4.18. The Labute approximate surface area is 223 Å². The molecule has 0 aliphatic heterocycles. The van der Waals surface area contributed by atoms with Crippen molar-refractivity contribution in [1.82, 2.24) is 4.98 Å². The maximum absolute atomic E-state index is 14.8. The zero-order valence-electron chi connectivity index (χ0n) is 19.5. The number of phenols is 1. The van der Waals surface area contributed by atoms with Crippen LogP contribution < -0.4 is 4.74 Å². The number of benzene rings is 4. The minimum absolute atomic E-state index is 0.0101. The van der Waals surface area contributed by atoms with Crippen LogP contribution in [0.3, 0.4) is 0 Å². The number of aromatic nitrogens is 1. The van der Waals surface area contributed by atoms with Gasteiger partial charge in [0.1, 0.15) is 34.5 Å². The highest BCUT2D eigenvalue weighted by Gasteiger charge is 2.41. The zero-order valence-corrected chi connectivity index (χ0v) is 20.3. The first kappa shape index (κ1) is 27.0. The molecular weight excluding hydrogens is 566 g/mol. The van der Waals surface area contributed by atoms with Gasteiger partial charge in [-0.1, -0.05) is 5.92 Å². The van der Waals surface area contributed by atoms with Gasteiger partial charge in [0, 0.05) is 17.2 Å². The highest BCUT2D eigenvalue weighted by molar-refractivity contribution is 7.19. The number of rotatable bonds is 4. The number of nitrogens with zero attached hydrogens (tertiary/aromatic N) is 1. The molecule has 0 saturated heterocycles. The minimum atomic E-state index is -4.61. The third kappa shape index (κ3) is 5.28. The Hall–Kier alpha value is -4.63. The molecule has 4 aromatic carbocycles. The molecule has 5 aromatic rings. The summed E-state index contributed by atoms with van der Waals surface area (Å²) < 4.78 is 119. The van der Waals surface area contributed by atoms with Crippen LogP contribution in [0.4, 0.5) is 35.1 Å². The van der Waals surface area contributed by atoms with Crippen molar-refractivity contribution in [3.8, 4) is 34.5 Å². The summed E-state index contributed by atoms with van der Waals surface area (Å²) in [5.41, 5.74) is -2.42. The topological polar surface area (TPSA) is 42.4 Å². The molecule has 1 aromatic heterocycles. The average molecular weight is 577 g/mol. The maximum atomic E-state index is 14.8. The van der Waals surface area contributed by atoms with E-state index >= 15 is 0 Å². The first-order valence-electron chi connectivity index (χ1n) is 11.0. The van der Waals surface area contributed by atoms with Gasteiger partial charge >= 0.3 is 6.11 Å². The van der Waals surface area contributed by atoms with E-state index in [2.05, 4.69) is 21.6 Å². The van der Waals surface area contributed by atoms with Gasteiger partial charge in [-0.15, -0.1) is 11.3 Å². The molecule has 0 atom stereocenters. The van der Waals surface area contributed by atoms with E-state index in [-0.39, 0.29) is 16.3 Å². The van der Waals surface area contributed by atoms with Crippen LogP contribution in [-0.2, 0) is 6.11 Å². The Morgan fingerprint density at radius 2 is 1.43 bits per heavy atom. The number of thiazole rings is 1. The molecule has 3 nitrogen and oxygen atoms in total. The average Bonchev–Trinajstić information content (AvgIpc) is 3.27. The molecule has 0 amide bonds. The Morgan fingerprint density at radius 1 is 0.750 bits per heavy atom. The number of aromatic hydroxyl groups is 1. The van der Waals surface area contributed by atoms with Crippen molar-refractivity contribution in [3.05, 3.63) is 112 Å². The second-order valence-corrected chi connectivity index (χ2v) is 9.28. The van der Waals surface area contributed by atoms with Crippen LogP contribution in [0, 0.1) is 46.7 Å². The number of hydrogen-bond donors (Lipinski definition) is 1. The van der Waals surface area contributed by atoms with Crippen LogP contribution in [0.15, 0.2) is 60.7 Å². The Morgan fingerprint density at radius 3 is 2.08 bits per heavy atom. The fourth-order valence-corrected chi connectivity index (χ4v) is 4.57. The monoisotopic (exact) mass is 577 g/mol. The Balaban J connectivity index is 1.39. The quantitative estimate of drug-likeness (QED) is 0.134. The van der Waals surface area contributed by atoms with Crippen LogP contribution in [0.2, 0.25) is 0 Å². The first-order valence-corrected chi connectivity index (χ1v) is 11.9. The molecule has 0 unspecified atom stereocenters. The Kier molecular flexibility index (Phi) is 6.85. The van der Waals surface area contributed by atoms with Crippen molar-refractivity contribution in [2.45, 2.75) is 6.11 Å². The van der Waals surface area contributed by atoms with E-state index in [0.29, 0.717) is 40.5 Å². The van der Waals surface area contributed by atoms with E-state index < -0.39 is 63.5 Å². The molecule has 0 radical (unpaired) electrons. The van der Waals surface area contributed by atoms with Gasteiger partial charge in [0.05, 0.1) is 10.2 Å². The lowest BCUT2D eigenvalue weighted by atomic mass is 10.0. The first-order chi connectivity index (χ1) is 18.9. The summed E-state index contributed by atoms with van der Waals surface area (Å²) in [6.45, 7) is 0. The summed E-state index contributed by atoms with van der Waals surface area (Å²) in [5, 5.41) is 9.77. The van der Waals surface area contributed by atoms with Gasteiger partial charge in [0.15, 0.2) is 22.5 Å². The molecule has 0 aliphatic carbocycles. The maximum Gasteiger partial charge on any atom is 0.432 e. The molecule has 0 aliphatic rings. The van der Waals surface area contributed by atoms with Crippen molar-refractivity contribution >= 4 is 21.6 Å². The largest absolute Gasteiger partial charge is 0.508 e. The number of hydrogen-bond acceptors (Lipinski definition) is 4. The predicted octanol–water partition coefficient (Wildman–Crippen LogP) is 8.03. The van der Waals surface area contributed by atoms with E-state index in [1.54, 1.807) is 6.07 Å². The fraction of sp³-hybridized carbons (Fsp3) is 0.0357. The SMILES string of the molecule is Oc1ccc2nc(C#Cc3cc(F)c(C(F)(F)Oc4ccc(-c5cc(F)c(F)c(F)c5)c(F)c4)c(F)c3)sc2c1. The third-order valence-corrected chi connectivity index (χ3v) is 6.43. The van der Waals surface area contributed by atoms with Gasteiger partial charge in [0.2, 0.25) is 0 Å². The lowest BCUT2D eigenvalue weighted by Crippen LogP contribution is -2.25. The molecule has 202 valence electrons. The van der Waals surface area contributed by atoms with Crippen LogP contribution in [0.5, 0.6) is 11.5 Å². The third-order valence-electron chi connectivity index (χ3n) is 5.50. The van der Waals surface area contributed by atoms with Crippen LogP contribution in [0.1, 0.15) is 16.1 Å². The van der Waals surface area contributed by atoms with Gasteiger partial charge < -0.3 is 9.84 Å². The zero-order chi connectivity index (χ0) is 28.8. The number of ether oxygens (including phenoxy) is 1. The number of halogens is 8. The number of fused-ring (bicyclic) bond motifs is 1. The summed E-state index contributed by atoms with van der Waals surface area (Å²) in [7, 11) is 0. The molecule has 0 spiro atoms. The van der Waals surface area contributed by atoms with Gasteiger partial charge in [-0.25, -0.2) is 31.3 Å². The highest BCUT2D eigenvalue weighted by atomic mass is 32.1.